The molecule has 0 saturated carbocycles. The average Bonchev–Trinajstić information content (AvgIpc) is 2.89. The Morgan fingerprint density at radius 3 is 2.11 bits per heavy atom. The molecule has 0 bridgehead atoms. The summed E-state index contributed by atoms with van der Waals surface area (Å²) in [5, 5.41) is 2.15. The zero-order valence-corrected chi connectivity index (χ0v) is 21.9. The van der Waals surface area contributed by atoms with Crippen LogP contribution in [-0.2, 0) is 22.0 Å². The van der Waals surface area contributed by atoms with Crippen LogP contribution in [0.5, 0.6) is 0 Å². The van der Waals surface area contributed by atoms with E-state index in [-0.39, 0.29) is 16.5 Å². The standard InChI is InChI=1S/C27H20ClF3N2O3S2/c28-25-15-12-21(16-24(25)27(29,30)31)33-38(35,36)23-13-10-20(11-14-23)32-26(34)19-8-6-18(7-9-19)17-37-22-4-2-1-3-5-22/h1-16,33H,17H2,(H,32,34). The maximum Gasteiger partial charge on any atom is 0.417 e. The van der Waals surface area contributed by atoms with Crippen LogP contribution >= 0.6 is 23.4 Å². The Morgan fingerprint density at radius 1 is 0.842 bits per heavy atom. The largest absolute Gasteiger partial charge is 0.417 e. The molecule has 0 fully saturated rings. The summed E-state index contributed by atoms with van der Waals surface area (Å²) >= 11 is 7.27. The van der Waals surface area contributed by atoms with Gasteiger partial charge in [-0.2, -0.15) is 13.2 Å². The number of nitrogens with one attached hydrogen (secondary N) is 2. The maximum absolute atomic E-state index is 13.1. The number of rotatable bonds is 8. The van der Waals surface area contributed by atoms with Crippen molar-refractivity contribution in [2.75, 3.05) is 10.0 Å². The second-order valence-electron chi connectivity index (χ2n) is 8.08. The van der Waals surface area contributed by atoms with Crippen molar-refractivity contribution < 1.29 is 26.4 Å². The van der Waals surface area contributed by atoms with Crippen molar-refractivity contribution in [1.82, 2.24) is 0 Å². The summed E-state index contributed by atoms with van der Waals surface area (Å²) in [5.74, 6) is 0.380. The summed E-state index contributed by atoms with van der Waals surface area (Å²) in [7, 11) is -4.19. The predicted molar refractivity (Wildman–Crippen MR) is 144 cm³/mol. The molecule has 2 N–H and O–H groups in total. The van der Waals surface area contributed by atoms with Crippen LogP contribution < -0.4 is 10.0 Å². The van der Waals surface area contributed by atoms with Gasteiger partial charge in [0.2, 0.25) is 0 Å². The normalized spacial score (nSPS) is 11.7. The molecule has 0 aliphatic heterocycles. The third kappa shape index (κ3) is 7.09. The molecule has 5 nitrogen and oxygen atoms in total. The minimum atomic E-state index is -4.74. The second-order valence-corrected chi connectivity index (χ2v) is 11.2. The Bertz CT molecular complexity index is 1530. The molecule has 38 heavy (non-hydrogen) atoms. The Balaban J connectivity index is 1.38. The van der Waals surface area contributed by atoms with Gasteiger partial charge in [-0.1, -0.05) is 41.9 Å². The Morgan fingerprint density at radius 2 is 1.47 bits per heavy atom. The van der Waals surface area contributed by atoms with Crippen molar-refractivity contribution in [3.63, 3.8) is 0 Å². The lowest BCUT2D eigenvalue weighted by Crippen LogP contribution is -2.15. The molecule has 4 rings (SSSR count). The predicted octanol–water partition coefficient (Wildman–Crippen LogP) is 7.70. The topological polar surface area (TPSA) is 75.3 Å². The van der Waals surface area contributed by atoms with Crippen molar-refractivity contribution in [3.8, 4) is 0 Å². The molecule has 4 aromatic carbocycles. The number of sulfonamides is 1. The van der Waals surface area contributed by atoms with Gasteiger partial charge in [-0.3, -0.25) is 9.52 Å². The molecular weight excluding hydrogens is 557 g/mol. The maximum atomic E-state index is 13.1. The van der Waals surface area contributed by atoms with Gasteiger partial charge in [-0.05, 0) is 72.3 Å². The first-order chi connectivity index (χ1) is 18.0. The highest BCUT2D eigenvalue weighted by Crippen LogP contribution is 2.36. The number of amides is 1. The van der Waals surface area contributed by atoms with E-state index in [4.69, 9.17) is 11.6 Å². The summed E-state index contributed by atoms with van der Waals surface area (Å²) in [4.78, 5) is 13.6. The molecular formula is C27H20ClF3N2O3S2. The van der Waals surface area contributed by atoms with Crippen LogP contribution in [0.1, 0.15) is 21.5 Å². The van der Waals surface area contributed by atoms with E-state index in [2.05, 4.69) is 10.0 Å². The monoisotopic (exact) mass is 576 g/mol. The number of carbonyl (C=O) groups excluding carboxylic acids is 1. The van der Waals surface area contributed by atoms with Crippen LogP contribution in [0.4, 0.5) is 24.5 Å². The molecule has 0 aliphatic carbocycles. The fourth-order valence-corrected chi connectivity index (χ4v) is 5.53. The summed E-state index contributed by atoms with van der Waals surface area (Å²) in [6.07, 6.45) is -4.74. The van der Waals surface area contributed by atoms with Gasteiger partial charge in [0.15, 0.2) is 0 Å². The number of benzene rings is 4. The fraction of sp³-hybridized carbons (Fsp3) is 0.0741. The van der Waals surface area contributed by atoms with Crippen molar-refractivity contribution in [2.24, 2.45) is 0 Å². The van der Waals surface area contributed by atoms with Gasteiger partial charge in [-0.25, -0.2) is 8.42 Å². The highest BCUT2D eigenvalue weighted by atomic mass is 35.5. The summed E-state index contributed by atoms with van der Waals surface area (Å²) in [6, 6.07) is 25.1. The fourth-order valence-electron chi connectivity index (χ4n) is 3.38. The molecule has 0 spiro atoms. The quantitative estimate of drug-likeness (QED) is 0.211. The lowest BCUT2D eigenvalue weighted by molar-refractivity contribution is -0.137. The lowest BCUT2D eigenvalue weighted by Gasteiger charge is -2.13. The first kappa shape index (κ1) is 27.6. The summed E-state index contributed by atoms with van der Waals surface area (Å²) < 4.78 is 66.7. The highest BCUT2D eigenvalue weighted by molar-refractivity contribution is 7.98. The second kappa shape index (κ2) is 11.5. The van der Waals surface area contributed by atoms with Crippen molar-refractivity contribution in [2.45, 2.75) is 21.7 Å². The van der Waals surface area contributed by atoms with E-state index in [1.165, 1.54) is 24.3 Å². The van der Waals surface area contributed by atoms with Crippen LogP contribution in [-0.4, -0.2) is 14.3 Å². The molecule has 0 radical (unpaired) electrons. The Labute approximate surface area is 227 Å². The highest BCUT2D eigenvalue weighted by Gasteiger charge is 2.33. The molecule has 0 unspecified atom stereocenters. The molecule has 0 heterocycles. The van der Waals surface area contributed by atoms with Gasteiger partial charge in [0, 0.05) is 27.6 Å². The van der Waals surface area contributed by atoms with Gasteiger partial charge in [0.1, 0.15) is 0 Å². The number of alkyl halides is 3. The number of carbonyl (C=O) groups is 1. The third-order valence-corrected chi connectivity index (χ3v) is 8.12. The van der Waals surface area contributed by atoms with Crippen molar-refractivity contribution in [1.29, 1.82) is 0 Å². The van der Waals surface area contributed by atoms with E-state index in [1.807, 2.05) is 42.5 Å². The van der Waals surface area contributed by atoms with Crippen LogP contribution in [0, 0.1) is 0 Å². The van der Waals surface area contributed by atoms with Gasteiger partial charge >= 0.3 is 6.18 Å². The third-order valence-electron chi connectivity index (χ3n) is 5.31. The van der Waals surface area contributed by atoms with E-state index in [0.717, 1.165) is 28.3 Å². The SMILES string of the molecule is O=C(Nc1ccc(S(=O)(=O)Nc2ccc(Cl)c(C(F)(F)F)c2)cc1)c1ccc(CSc2ccccc2)cc1. The van der Waals surface area contributed by atoms with Gasteiger partial charge in [0.25, 0.3) is 15.9 Å². The van der Waals surface area contributed by atoms with Gasteiger partial charge in [-0.15, -0.1) is 11.8 Å². The zero-order valence-electron chi connectivity index (χ0n) is 19.5. The van der Waals surface area contributed by atoms with Crippen LogP contribution in [0.15, 0.2) is 107 Å². The minimum absolute atomic E-state index is 0.195. The van der Waals surface area contributed by atoms with E-state index in [1.54, 1.807) is 23.9 Å². The van der Waals surface area contributed by atoms with Crippen LogP contribution in [0.3, 0.4) is 0 Å². The van der Waals surface area contributed by atoms with E-state index >= 15 is 0 Å². The molecule has 196 valence electrons. The molecule has 0 saturated heterocycles. The Kier molecular flexibility index (Phi) is 8.35. The number of thioether (sulfide) groups is 1. The Hall–Kier alpha value is -3.47. The summed E-state index contributed by atoms with van der Waals surface area (Å²) in [5.41, 5.74) is 0.397. The lowest BCUT2D eigenvalue weighted by atomic mass is 10.1. The molecule has 0 aliphatic rings. The van der Waals surface area contributed by atoms with Crippen molar-refractivity contribution in [3.05, 3.63) is 119 Å². The first-order valence-corrected chi connectivity index (χ1v) is 13.9. The smallest absolute Gasteiger partial charge is 0.322 e. The molecule has 0 aromatic heterocycles. The number of anilines is 2. The molecule has 11 heteroatoms. The average molecular weight is 577 g/mol. The van der Waals surface area contributed by atoms with Crippen LogP contribution in [0.2, 0.25) is 5.02 Å². The number of hydrogen-bond donors (Lipinski definition) is 2. The summed E-state index contributed by atoms with van der Waals surface area (Å²) in [6.45, 7) is 0. The molecule has 4 aromatic rings. The minimum Gasteiger partial charge on any atom is -0.322 e. The number of hydrogen-bond acceptors (Lipinski definition) is 4. The van der Waals surface area contributed by atoms with E-state index in [0.29, 0.717) is 17.3 Å². The molecule has 1 amide bonds. The molecule has 0 atom stereocenters. The van der Waals surface area contributed by atoms with Gasteiger partial charge < -0.3 is 5.32 Å². The number of halogens is 4. The zero-order chi connectivity index (χ0) is 27.3. The first-order valence-electron chi connectivity index (χ1n) is 11.1. The van der Waals surface area contributed by atoms with Crippen LogP contribution in [0.25, 0.3) is 0 Å². The van der Waals surface area contributed by atoms with E-state index < -0.39 is 26.8 Å². The van der Waals surface area contributed by atoms with E-state index in [9.17, 15) is 26.4 Å². The van der Waals surface area contributed by atoms with Gasteiger partial charge in [0.05, 0.1) is 15.5 Å². The van der Waals surface area contributed by atoms with Crippen molar-refractivity contribution >= 4 is 50.7 Å².